The van der Waals surface area contributed by atoms with Gasteiger partial charge in [-0.3, -0.25) is 14.5 Å². The first-order valence-electron chi connectivity index (χ1n) is 7.64. The summed E-state index contributed by atoms with van der Waals surface area (Å²) in [4.78, 5) is 25.8. The third kappa shape index (κ3) is 3.91. The minimum atomic E-state index is 0.000508. The van der Waals surface area contributed by atoms with E-state index in [1.807, 2.05) is 32.0 Å². The van der Waals surface area contributed by atoms with Crippen LogP contribution in [0.15, 0.2) is 18.2 Å². The number of nitrogens with one attached hydrogen (secondary N) is 1. The number of nitrogens with zero attached hydrogens (tertiary/aromatic N) is 1. The second kappa shape index (κ2) is 6.85. The molecule has 1 aromatic carbocycles. The van der Waals surface area contributed by atoms with Crippen molar-refractivity contribution in [3.05, 3.63) is 29.3 Å². The van der Waals surface area contributed by atoms with Gasteiger partial charge in [0.1, 0.15) is 5.78 Å². The molecular formula is C17H24N2O2. The van der Waals surface area contributed by atoms with Crippen LogP contribution in [0.5, 0.6) is 0 Å². The van der Waals surface area contributed by atoms with Crippen LogP contribution in [0.2, 0.25) is 0 Å². The Morgan fingerprint density at radius 2 is 2.19 bits per heavy atom. The highest BCUT2D eigenvalue weighted by Crippen LogP contribution is 2.21. The van der Waals surface area contributed by atoms with Crippen LogP contribution >= 0.6 is 0 Å². The van der Waals surface area contributed by atoms with Crippen molar-refractivity contribution in [3.8, 4) is 0 Å². The highest BCUT2D eigenvalue weighted by molar-refractivity contribution is 5.94. The number of likely N-dealkylation sites (tertiary alicyclic amines) is 1. The van der Waals surface area contributed by atoms with E-state index in [9.17, 15) is 9.59 Å². The summed E-state index contributed by atoms with van der Waals surface area (Å²) in [5.41, 5.74) is 3.18. The number of benzene rings is 1. The van der Waals surface area contributed by atoms with Crippen molar-refractivity contribution >= 4 is 17.4 Å². The van der Waals surface area contributed by atoms with Crippen LogP contribution < -0.4 is 5.32 Å². The number of amides is 1. The summed E-state index contributed by atoms with van der Waals surface area (Å²) in [6.07, 6.45) is 1.45. The molecule has 0 spiro atoms. The average molecular weight is 288 g/mol. The molecule has 0 aliphatic carbocycles. The summed E-state index contributed by atoms with van der Waals surface area (Å²) in [6, 6.07) is 6.07. The van der Waals surface area contributed by atoms with Crippen molar-refractivity contribution in [1.29, 1.82) is 0 Å². The molecule has 1 fully saturated rings. The number of Topliss-reactive ketones (excluding diaryl/α,β-unsaturated/α-hetero) is 1. The standard InChI is InChI=1S/C17H24N2O2/c1-4-14-7-5-6-12(2)17(14)18-16(21)11-19-9-8-15(20)13(3)10-19/h5-7,13H,4,8-11H2,1-3H3,(H,18,21)/t13-/m0/s1. The van der Waals surface area contributed by atoms with E-state index >= 15 is 0 Å². The van der Waals surface area contributed by atoms with Crippen LogP contribution in [-0.2, 0) is 16.0 Å². The maximum atomic E-state index is 12.3. The summed E-state index contributed by atoms with van der Waals surface area (Å²) in [7, 11) is 0. The number of anilines is 1. The van der Waals surface area contributed by atoms with Gasteiger partial charge >= 0.3 is 0 Å². The molecule has 4 nitrogen and oxygen atoms in total. The van der Waals surface area contributed by atoms with Crippen LogP contribution in [-0.4, -0.2) is 36.2 Å². The Hall–Kier alpha value is -1.68. The normalized spacial score (nSPS) is 19.6. The molecule has 4 heteroatoms. The highest BCUT2D eigenvalue weighted by Gasteiger charge is 2.24. The number of carbonyl (C=O) groups is 2. The SMILES string of the molecule is CCc1cccc(C)c1NC(=O)CN1CCC(=O)[C@@H](C)C1. The van der Waals surface area contributed by atoms with Gasteiger partial charge in [-0.25, -0.2) is 0 Å². The number of aryl methyl sites for hydroxylation is 2. The topological polar surface area (TPSA) is 49.4 Å². The molecular weight excluding hydrogens is 264 g/mol. The second-order valence-corrected chi connectivity index (χ2v) is 5.86. The Bertz CT molecular complexity index is 540. The number of hydrogen-bond donors (Lipinski definition) is 1. The van der Waals surface area contributed by atoms with E-state index in [1.54, 1.807) is 0 Å². The van der Waals surface area contributed by atoms with Gasteiger partial charge in [0.2, 0.25) is 5.91 Å². The van der Waals surface area contributed by atoms with E-state index in [4.69, 9.17) is 0 Å². The molecule has 1 heterocycles. The summed E-state index contributed by atoms with van der Waals surface area (Å²) in [5, 5.41) is 3.04. The third-order valence-electron chi connectivity index (χ3n) is 4.13. The van der Waals surface area contributed by atoms with E-state index in [2.05, 4.69) is 17.1 Å². The van der Waals surface area contributed by atoms with Gasteiger partial charge in [-0.15, -0.1) is 0 Å². The van der Waals surface area contributed by atoms with Crippen molar-refractivity contribution < 1.29 is 9.59 Å². The van der Waals surface area contributed by atoms with Gasteiger partial charge in [0, 0.05) is 31.1 Å². The van der Waals surface area contributed by atoms with Crippen LogP contribution in [0, 0.1) is 12.8 Å². The van der Waals surface area contributed by atoms with Crippen molar-refractivity contribution in [3.63, 3.8) is 0 Å². The largest absolute Gasteiger partial charge is 0.324 e. The third-order valence-corrected chi connectivity index (χ3v) is 4.13. The fourth-order valence-electron chi connectivity index (χ4n) is 2.82. The van der Waals surface area contributed by atoms with Gasteiger partial charge in [-0.05, 0) is 24.5 Å². The lowest BCUT2D eigenvalue weighted by atomic mass is 9.99. The highest BCUT2D eigenvalue weighted by atomic mass is 16.2. The predicted octanol–water partition coefficient (Wildman–Crippen LogP) is 2.41. The van der Waals surface area contributed by atoms with Gasteiger partial charge in [0.15, 0.2) is 0 Å². The van der Waals surface area contributed by atoms with Crippen LogP contribution in [0.3, 0.4) is 0 Å². The fraction of sp³-hybridized carbons (Fsp3) is 0.529. The van der Waals surface area contributed by atoms with Gasteiger partial charge in [-0.2, -0.15) is 0 Å². The van der Waals surface area contributed by atoms with Crippen molar-refractivity contribution in [2.75, 3.05) is 25.0 Å². The van der Waals surface area contributed by atoms with Crippen LogP contribution in [0.25, 0.3) is 0 Å². The monoisotopic (exact) mass is 288 g/mol. The quantitative estimate of drug-likeness (QED) is 0.925. The summed E-state index contributed by atoms with van der Waals surface area (Å²) in [5.74, 6) is 0.343. The molecule has 1 amide bonds. The molecule has 0 saturated carbocycles. The molecule has 2 rings (SSSR count). The molecule has 1 saturated heterocycles. The number of para-hydroxylation sites is 1. The minimum Gasteiger partial charge on any atom is -0.324 e. The number of rotatable bonds is 4. The lowest BCUT2D eigenvalue weighted by Gasteiger charge is -2.29. The summed E-state index contributed by atoms with van der Waals surface area (Å²) < 4.78 is 0. The molecule has 0 radical (unpaired) electrons. The zero-order chi connectivity index (χ0) is 15.4. The van der Waals surface area contributed by atoms with E-state index in [1.165, 1.54) is 0 Å². The van der Waals surface area contributed by atoms with E-state index in [0.29, 0.717) is 31.8 Å². The molecule has 0 bridgehead atoms. The zero-order valence-electron chi connectivity index (χ0n) is 13.1. The maximum absolute atomic E-state index is 12.3. The van der Waals surface area contributed by atoms with Gasteiger partial charge in [0.05, 0.1) is 6.54 Å². The smallest absolute Gasteiger partial charge is 0.238 e. The first-order valence-corrected chi connectivity index (χ1v) is 7.64. The van der Waals surface area contributed by atoms with E-state index in [0.717, 1.165) is 23.2 Å². The minimum absolute atomic E-state index is 0.000508. The van der Waals surface area contributed by atoms with Crippen molar-refractivity contribution in [2.24, 2.45) is 5.92 Å². The fourth-order valence-corrected chi connectivity index (χ4v) is 2.82. The van der Waals surface area contributed by atoms with Gasteiger partial charge < -0.3 is 5.32 Å². The van der Waals surface area contributed by atoms with Crippen LogP contribution in [0.4, 0.5) is 5.69 Å². The van der Waals surface area contributed by atoms with Gasteiger partial charge in [-0.1, -0.05) is 32.0 Å². The molecule has 0 aromatic heterocycles. The molecule has 0 unspecified atom stereocenters. The Kier molecular flexibility index (Phi) is 5.12. The Labute approximate surface area is 126 Å². The molecule has 1 aliphatic rings. The molecule has 1 atom stereocenters. The zero-order valence-corrected chi connectivity index (χ0v) is 13.1. The number of hydrogen-bond acceptors (Lipinski definition) is 3. The lowest BCUT2D eigenvalue weighted by Crippen LogP contribution is -2.43. The van der Waals surface area contributed by atoms with Crippen LogP contribution in [0.1, 0.15) is 31.4 Å². The molecule has 114 valence electrons. The number of carbonyl (C=O) groups excluding carboxylic acids is 2. The molecule has 1 aliphatic heterocycles. The number of piperidine rings is 1. The molecule has 1 N–H and O–H groups in total. The Morgan fingerprint density at radius 1 is 1.43 bits per heavy atom. The summed E-state index contributed by atoms with van der Waals surface area (Å²) in [6.45, 7) is 7.75. The van der Waals surface area contributed by atoms with E-state index in [-0.39, 0.29) is 11.8 Å². The van der Waals surface area contributed by atoms with Crippen molar-refractivity contribution in [1.82, 2.24) is 4.90 Å². The van der Waals surface area contributed by atoms with E-state index < -0.39 is 0 Å². The first kappa shape index (κ1) is 15.7. The Morgan fingerprint density at radius 3 is 2.86 bits per heavy atom. The number of ketones is 1. The second-order valence-electron chi connectivity index (χ2n) is 5.86. The predicted molar refractivity (Wildman–Crippen MR) is 84.4 cm³/mol. The Balaban J connectivity index is 1.98. The molecule has 1 aromatic rings. The maximum Gasteiger partial charge on any atom is 0.238 e. The lowest BCUT2D eigenvalue weighted by molar-refractivity contribution is -0.127. The first-order chi connectivity index (χ1) is 10.0. The van der Waals surface area contributed by atoms with Crippen molar-refractivity contribution in [2.45, 2.75) is 33.6 Å². The average Bonchev–Trinajstić information content (AvgIpc) is 2.45. The van der Waals surface area contributed by atoms with Gasteiger partial charge in [0.25, 0.3) is 0 Å². The molecule has 21 heavy (non-hydrogen) atoms. The summed E-state index contributed by atoms with van der Waals surface area (Å²) >= 11 is 0.